The minimum Gasteiger partial charge on any atom is -0.451 e. The van der Waals surface area contributed by atoms with Gasteiger partial charge in [0, 0.05) is 13.0 Å². The Labute approximate surface area is 162 Å². The van der Waals surface area contributed by atoms with E-state index >= 15 is 0 Å². The number of aliphatic hydroxyl groups is 1. The van der Waals surface area contributed by atoms with E-state index in [4.69, 9.17) is 10.5 Å². The van der Waals surface area contributed by atoms with Crippen LogP contribution in [0.15, 0.2) is 23.1 Å². The molecule has 1 fully saturated rings. The number of imide groups is 1. The number of aryl methyl sites for hydroxylation is 2. The average molecular weight is 413 g/mol. The molecule has 1 aromatic rings. The summed E-state index contributed by atoms with van der Waals surface area (Å²) in [6, 6.07) is 2.15. The van der Waals surface area contributed by atoms with Crippen molar-refractivity contribution in [1.29, 1.82) is 0 Å². The first-order valence-electron chi connectivity index (χ1n) is 8.51. The number of rotatable bonds is 5. The molecule has 1 saturated heterocycles. The van der Waals surface area contributed by atoms with Gasteiger partial charge in [0.15, 0.2) is 6.10 Å². The normalized spacial score (nSPS) is 21.1. The van der Waals surface area contributed by atoms with Crippen molar-refractivity contribution in [2.45, 2.75) is 50.3 Å². The molecule has 1 aliphatic heterocycles. The number of amides is 3. The van der Waals surface area contributed by atoms with E-state index in [1.165, 1.54) is 19.1 Å². The summed E-state index contributed by atoms with van der Waals surface area (Å²) in [6.07, 6.45) is -2.61. The number of hydrogen-bond donors (Lipinski definition) is 3. The molecule has 0 saturated carbocycles. The number of nitrogens with one attached hydrogen (secondary N) is 1. The third kappa shape index (κ3) is 4.66. The van der Waals surface area contributed by atoms with Crippen LogP contribution in [-0.4, -0.2) is 60.5 Å². The zero-order valence-electron chi connectivity index (χ0n) is 15.7. The minimum absolute atomic E-state index is 0.0120. The molecule has 0 radical (unpaired) electrons. The van der Waals surface area contributed by atoms with Crippen LogP contribution in [-0.2, 0) is 24.3 Å². The first-order valence-corrected chi connectivity index (χ1v) is 9.95. The van der Waals surface area contributed by atoms with Gasteiger partial charge < -0.3 is 15.6 Å². The number of primary amides is 1. The van der Waals surface area contributed by atoms with E-state index in [9.17, 15) is 27.9 Å². The lowest BCUT2D eigenvalue weighted by Gasteiger charge is -2.24. The second-order valence-electron chi connectivity index (χ2n) is 6.66. The molecule has 3 amide bonds. The molecule has 4 N–H and O–H groups in total. The van der Waals surface area contributed by atoms with E-state index < -0.39 is 46.2 Å². The number of nitrogens with two attached hydrogens (primary N) is 1. The number of β-amino-alcohol motifs (C(OH)–C–C–N with tert-alkyl or cyclic N) is 1. The SMILES string of the molecule is Cc1ccc(S(=O)(=O)N2CC(O)C[C@H]2C(=O)OC(C)C(=O)NC(N)=O)cc1C. The maximum absolute atomic E-state index is 13.0. The van der Waals surface area contributed by atoms with Crippen molar-refractivity contribution < 1.29 is 32.6 Å². The van der Waals surface area contributed by atoms with Crippen molar-refractivity contribution in [3.63, 3.8) is 0 Å². The highest BCUT2D eigenvalue weighted by Gasteiger charge is 2.45. The zero-order valence-corrected chi connectivity index (χ0v) is 16.5. The van der Waals surface area contributed by atoms with E-state index in [2.05, 4.69) is 0 Å². The van der Waals surface area contributed by atoms with Gasteiger partial charge in [0.05, 0.1) is 11.0 Å². The molecule has 1 aromatic carbocycles. The fourth-order valence-electron chi connectivity index (χ4n) is 2.80. The maximum atomic E-state index is 13.0. The quantitative estimate of drug-likeness (QED) is 0.552. The van der Waals surface area contributed by atoms with E-state index in [-0.39, 0.29) is 17.9 Å². The molecule has 1 aliphatic rings. The molecular formula is C17H23N3O7S. The maximum Gasteiger partial charge on any atom is 0.325 e. The van der Waals surface area contributed by atoms with Crippen LogP contribution in [0.1, 0.15) is 24.5 Å². The second-order valence-corrected chi connectivity index (χ2v) is 8.55. The molecule has 28 heavy (non-hydrogen) atoms. The highest BCUT2D eigenvalue weighted by atomic mass is 32.2. The fraction of sp³-hybridized carbons (Fsp3) is 0.471. The number of benzene rings is 1. The van der Waals surface area contributed by atoms with Crippen LogP contribution in [0.2, 0.25) is 0 Å². The van der Waals surface area contributed by atoms with E-state index in [1.807, 2.05) is 6.92 Å². The van der Waals surface area contributed by atoms with Gasteiger partial charge in [-0.3, -0.25) is 14.9 Å². The molecule has 154 valence electrons. The van der Waals surface area contributed by atoms with Crippen molar-refractivity contribution in [3.8, 4) is 0 Å². The number of hydrogen-bond acceptors (Lipinski definition) is 7. The fourth-order valence-corrected chi connectivity index (χ4v) is 4.52. The smallest absolute Gasteiger partial charge is 0.325 e. The molecule has 0 bridgehead atoms. The van der Waals surface area contributed by atoms with Crippen molar-refractivity contribution in [2.75, 3.05) is 6.54 Å². The van der Waals surface area contributed by atoms with Gasteiger partial charge in [-0.2, -0.15) is 4.31 Å². The monoisotopic (exact) mass is 413 g/mol. The molecule has 1 heterocycles. The number of sulfonamides is 1. The summed E-state index contributed by atoms with van der Waals surface area (Å²) < 4.78 is 31.8. The van der Waals surface area contributed by atoms with E-state index in [1.54, 1.807) is 18.3 Å². The first-order chi connectivity index (χ1) is 12.9. The van der Waals surface area contributed by atoms with Crippen molar-refractivity contribution >= 4 is 27.9 Å². The lowest BCUT2D eigenvalue weighted by atomic mass is 10.1. The lowest BCUT2D eigenvalue weighted by Crippen LogP contribution is -2.46. The minimum atomic E-state index is -4.08. The summed E-state index contributed by atoms with van der Waals surface area (Å²) in [5.74, 6) is -1.95. The summed E-state index contributed by atoms with van der Waals surface area (Å²) in [6.45, 7) is 4.53. The van der Waals surface area contributed by atoms with Gasteiger partial charge in [0.2, 0.25) is 10.0 Å². The Kier molecular flexibility index (Phi) is 6.42. The number of nitrogens with zero attached hydrogens (tertiary/aromatic N) is 1. The van der Waals surface area contributed by atoms with Gasteiger partial charge in [0.1, 0.15) is 6.04 Å². The molecular weight excluding hydrogens is 390 g/mol. The molecule has 10 nitrogen and oxygen atoms in total. The van der Waals surface area contributed by atoms with Crippen LogP contribution in [0.25, 0.3) is 0 Å². The highest BCUT2D eigenvalue weighted by molar-refractivity contribution is 7.89. The Hall–Kier alpha value is -2.50. The zero-order chi connectivity index (χ0) is 21.2. The van der Waals surface area contributed by atoms with Gasteiger partial charge in [-0.25, -0.2) is 13.2 Å². The Balaban J connectivity index is 2.24. The lowest BCUT2D eigenvalue weighted by molar-refractivity contribution is -0.157. The van der Waals surface area contributed by atoms with Crippen LogP contribution >= 0.6 is 0 Å². The molecule has 11 heteroatoms. The number of aliphatic hydroxyl groups excluding tert-OH is 1. The summed E-state index contributed by atoms with van der Waals surface area (Å²) >= 11 is 0. The number of urea groups is 1. The van der Waals surface area contributed by atoms with Gasteiger partial charge in [0.25, 0.3) is 5.91 Å². The number of carbonyl (C=O) groups is 3. The van der Waals surface area contributed by atoms with Crippen LogP contribution in [0, 0.1) is 13.8 Å². The highest BCUT2D eigenvalue weighted by Crippen LogP contribution is 2.28. The third-order valence-electron chi connectivity index (χ3n) is 4.50. The van der Waals surface area contributed by atoms with Gasteiger partial charge >= 0.3 is 12.0 Å². The van der Waals surface area contributed by atoms with Gasteiger partial charge in [-0.05, 0) is 44.0 Å². The van der Waals surface area contributed by atoms with E-state index in [0.717, 1.165) is 15.4 Å². The predicted octanol–water partition coefficient (Wildman–Crippen LogP) is -0.446. The first kappa shape index (κ1) is 21.8. The van der Waals surface area contributed by atoms with E-state index in [0.29, 0.717) is 0 Å². The van der Waals surface area contributed by atoms with Crippen molar-refractivity contribution in [2.24, 2.45) is 5.73 Å². The Morgan fingerprint density at radius 3 is 2.50 bits per heavy atom. The summed E-state index contributed by atoms with van der Waals surface area (Å²) in [5.41, 5.74) is 6.51. The molecule has 2 rings (SSSR count). The standard InChI is InChI=1S/C17H23N3O7S/c1-9-4-5-13(6-10(9)2)28(25,26)20-8-12(21)7-14(20)16(23)27-11(3)15(22)19-17(18)24/h4-6,11-12,14,21H,7-8H2,1-3H3,(H3,18,19,22,24)/t11?,12?,14-/m0/s1. The summed E-state index contributed by atoms with van der Waals surface area (Å²) in [7, 11) is -4.08. The largest absolute Gasteiger partial charge is 0.451 e. The number of carbonyl (C=O) groups excluding carboxylic acids is 3. The Morgan fingerprint density at radius 1 is 1.29 bits per heavy atom. The summed E-state index contributed by atoms with van der Waals surface area (Å²) in [5, 5.41) is 11.7. The van der Waals surface area contributed by atoms with Gasteiger partial charge in [-0.1, -0.05) is 6.07 Å². The third-order valence-corrected chi connectivity index (χ3v) is 6.37. The van der Waals surface area contributed by atoms with Crippen LogP contribution in [0.4, 0.5) is 4.79 Å². The molecule has 0 spiro atoms. The predicted molar refractivity (Wildman–Crippen MR) is 97.5 cm³/mol. The number of ether oxygens (including phenoxy) is 1. The Morgan fingerprint density at radius 2 is 1.93 bits per heavy atom. The molecule has 2 unspecified atom stereocenters. The second kappa shape index (κ2) is 8.25. The topological polar surface area (TPSA) is 156 Å². The van der Waals surface area contributed by atoms with Crippen LogP contribution in [0.5, 0.6) is 0 Å². The van der Waals surface area contributed by atoms with Crippen LogP contribution < -0.4 is 11.1 Å². The van der Waals surface area contributed by atoms with Crippen LogP contribution in [0.3, 0.4) is 0 Å². The molecule has 0 aromatic heterocycles. The van der Waals surface area contributed by atoms with Crippen molar-refractivity contribution in [1.82, 2.24) is 9.62 Å². The summed E-state index contributed by atoms with van der Waals surface area (Å²) in [4.78, 5) is 34.8. The molecule has 0 aliphatic carbocycles. The number of esters is 1. The Bertz CT molecular complexity index is 900. The van der Waals surface area contributed by atoms with Gasteiger partial charge in [-0.15, -0.1) is 0 Å². The average Bonchev–Trinajstić information content (AvgIpc) is 2.99. The van der Waals surface area contributed by atoms with Crippen molar-refractivity contribution in [3.05, 3.63) is 29.3 Å². The molecule has 3 atom stereocenters.